The summed E-state index contributed by atoms with van der Waals surface area (Å²) < 4.78 is 13.2. The lowest BCUT2D eigenvalue weighted by Crippen LogP contribution is -2.43. The van der Waals surface area contributed by atoms with E-state index < -0.39 is 0 Å². The van der Waals surface area contributed by atoms with Crippen LogP contribution < -0.4 is 5.32 Å². The molecule has 3 rings (SSSR count). The third kappa shape index (κ3) is 3.15. The maximum Gasteiger partial charge on any atom is 0.123 e. The molecule has 0 radical (unpaired) electrons. The van der Waals surface area contributed by atoms with Gasteiger partial charge < -0.3 is 5.32 Å². The molecule has 0 aromatic heterocycles. The Kier molecular flexibility index (Phi) is 4.09. The summed E-state index contributed by atoms with van der Waals surface area (Å²) in [6, 6.07) is 7.26. The second-order valence-corrected chi connectivity index (χ2v) is 7.94. The zero-order chi connectivity index (χ0) is 14.9. The number of nitrogens with one attached hydrogen (secondary N) is 1. The van der Waals surface area contributed by atoms with Crippen LogP contribution in [0, 0.1) is 16.6 Å². The minimum atomic E-state index is -0.126. The second kappa shape index (κ2) is 5.72. The van der Waals surface area contributed by atoms with Gasteiger partial charge >= 0.3 is 0 Å². The van der Waals surface area contributed by atoms with Gasteiger partial charge in [-0.25, -0.2) is 4.39 Å². The summed E-state index contributed by atoms with van der Waals surface area (Å²) >= 11 is 0. The molecule has 1 nitrogen and oxygen atoms in total. The maximum absolute atomic E-state index is 13.2. The van der Waals surface area contributed by atoms with Crippen LogP contribution in [0.3, 0.4) is 0 Å². The molecule has 0 bridgehead atoms. The fourth-order valence-electron chi connectivity index (χ4n) is 4.50. The molecular formula is C19H28FN. The van der Waals surface area contributed by atoms with E-state index in [0.29, 0.717) is 16.7 Å². The highest BCUT2D eigenvalue weighted by atomic mass is 19.1. The SMILES string of the molecule is CC1(C)CCCC2(CCNCC2c2ccc(F)cc2)CC1. The van der Waals surface area contributed by atoms with E-state index in [4.69, 9.17) is 0 Å². The summed E-state index contributed by atoms with van der Waals surface area (Å²) in [6.07, 6.45) is 7.93. The first-order valence-electron chi connectivity index (χ1n) is 8.47. The van der Waals surface area contributed by atoms with E-state index in [1.165, 1.54) is 44.1 Å². The van der Waals surface area contributed by atoms with Gasteiger partial charge in [0.15, 0.2) is 0 Å². The molecule has 1 spiro atoms. The van der Waals surface area contributed by atoms with Gasteiger partial charge in [-0.3, -0.25) is 0 Å². The van der Waals surface area contributed by atoms with Crippen LogP contribution in [0.15, 0.2) is 24.3 Å². The van der Waals surface area contributed by atoms with Crippen LogP contribution in [0.5, 0.6) is 0 Å². The lowest BCUT2D eigenvalue weighted by molar-refractivity contribution is 0.131. The van der Waals surface area contributed by atoms with Gasteiger partial charge in [-0.15, -0.1) is 0 Å². The highest BCUT2D eigenvalue weighted by Crippen LogP contribution is 2.52. The zero-order valence-electron chi connectivity index (χ0n) is 13.4. The summed E-state index contributed by atoms with van der Waals surface area (Å²) in [4.78, 5) is 0. The predicted molar refractivity (Wildman–Crippen MR) is 85.9 cm³/mol. The average molecular weight is 289 g/mol. The molecule has 1 heterocycles. The van der Waals surface area contributed by atoms with Crippen molar-refractivity contribution in [1.82, 2.24) is 5.32 Å². The smallest absolute Gasteiger partial charge is 0.123 e. The minimum absolute atomic E-state index is 0.126. The fourth-order valence-corrected chi connectivity index (χ4v) is 4.50. The number of hydrogen-bond acceptors (Lipinski definition) is 1. The zero-order valence-corrected chi connectivity index (χ0v) is 13.4. The van der Waals surface area contributed by atoms with Crippen LogP contribution in [0.25, 0.3) is 0 Å². The van der Waals surface area contributed by atoms with Crippen molar-refractivity contribution in [3.8, 4) is 0 Å². The van der Waals surface area contributed by atoms with Crippen molar-refractivity contribution in [2.45, 2.75) is 58.3 Å². The topological polar surface area (TPSA) is 12.0 Å². The van der Waals surface area contributed by atoms with Gasteiger partial charge in [-0.05, 0) is 67.2 Å². The molecule has 0 amide bonds. The van der Waals surface area contributed by atoms with E-state index in [2.05, 4.69) is 19.2 Å². The van der Waals surface area contributed by atoms with Crippen molar-refractivity contribution >= 4 is 0 Å². The molecule has 2 aliphatic rings. The lowest BCUT2D eigenvalue weighted by Gasteiger charge is -2.45. The molecule has 1 aromatic rings. The van der Waals surface area contributed by atoms with Gasteiger partial charge in [0.1, 0.15) is 5.82 Å². The summed E-state index contributed by atoms with van der Waals surface area (Å²) in [5, 5.41) is 3.57. The molecule has 1 aromatic carbocycles. The van der Waals surface area contributed by atoms with E-state index >= 15 is 0 Å². The van der Waals surface area contributed by atoms with Gasteiger partial charge in [-0.2, -0.15) is 0 Å². The highest BCUT2D eigenvalue weighted by Gasteiger charge is 2.43. The van der Waals surface area contributed by atoms with E-state index in [0.717, 1.165) is 13.1 Å². The number of rotatable bonds is 1. The third-order valence-electron chi connectivity index (χ3n) is 5.99. The molecule has 1 saturated carbocycles. The van der Waals surface area contributed by atoms with E-state index in [-0.39, 0.29) is 5.82 Å². The fraction of sp³-hybridized carbons (Fsp3) is 0.684. The maximum atomic E-state index is 13.2. The Morgan fingerprint density at radius 2 is 1.76 bits per heavy atom. The van der Waals surface area contributed by atoms with Crippen molar-refractivity contribution in [3.05, 3.63) is 35.6 Å². The van der Waals surface area contributed by atoms with E-state index in [9.17, 15) is 4.39 Å². The molecule has 21 heavy (non-hydrogen) atoms. The Morgan fingerprint density at radius 3 is 2.52 bits per heavy atom. The highest BCUT2D eigenvalue weighted by molar-refractivity contribution is 5.24. The van der Waals surface area contributed by atoms with Crippen LogP contribution in [0.4, 0.5) is 4.39 Å². The number of hydrogen-bond donors (Lipinski definition) is 1. The Bertz CT molecular complexity index is 479. The molecule has 1 N–H and O–H groups in total. The van der Waals surface area contributed by atoms with E-state index in [1.807, 2.05) is 12.1 Å². The number of piperidine rings is 1. The van der Waals surface area contributed by atoms with Crippen LogP contribution >= 0.6 is 0 Å². The van der Waals surface area contributed by atoms with Gasteiger partial charge in [0, 0.05) is 12.5 Å². The molecule has 2 atom stereocenters. The Morgan fingerprint density at radius 1 is 1.00 bits per heavy atom. The Labute approximate surface area is 128 Å². The first-order valence-corrected chi connectivity index (χ1v) is 8.47. The van der Waals surface area contributed by atoms with Crippen molar-refractivity contribution in [2.75, 3.05) is 13.1 Å². The molecule has 2 heteroatoms. The number of halogens is 1. The monoisotopic (exact) mass is 289 g/mol. The van der Waals surface area contributed by atoms with E-state index in [1.54, 1.807) is 12.1 Å². The van der Waals surface area contributed by atoms with Gasteiger partial charge in [0.2, 0.25) is 0 Å². The molecule has 1 saturated heterocycles. The van der Waals surface area contributed by atoms with Crippen molar-refractivity contribution < 1.29 is 4.39 Å². The largest absolute Gasteiger partial charge is 0.316 e. The summed E-state index contributed by atoms with van der Waals surface area (Å²) in [7, 11) is 0. The first-order chi connectivity index (χ1) is 10.0. The predicted octanol–water partition coefficient (Wildman–Crippen LogP) is 4.88. The number of benzene rings is 1. The summed E-state index contributed by atoms with van der Waals surface area (Å²) in [5.74, 6) is 0.416. The molecule has 2 unspecified atom stereocenters. The standard InChI is InChI=1S/C19H28FN/c1-18(2)8-3-9-19(11-10-18)12-13-21-14-17(19)15-4-6-16(20)7-5-15/h4-7,17,21H,3,8-14H2,1-2H3. The van der Waals surface area contributed by atoms with Crippen molar-refractivity contribution in [2.24, 2.45) is 10.8 Å². The molecule has 1 aliphatic heterocycles. The van der Waals surface area contributed by atoms with Gasteiger partial charge in [0.25, 0.3) is 0 Å². The van der Waals surface area contributed by atoms with Crippen molar-refractivity contribution in [1.29, 1.82) is 0 Å². The lowest BCUT2D eigenvalue weighted by atomic mass is 9.63. The average Bonchev–Trinajstić information content (AvgIpc) is 2.61. The Balaban J connectivity index is 1.88. The molecular weight excluding hydrogens is 261 g/mol. The van der Waals surface area contributed by atoms with Gasteiger partial charge in [0.05, 0.1) is 0 Å². The first kappa shape index (κ1) is 15.0. The van der Waals surface area contributed by atoms with Crippen molar-refractivity contribution in [3.63, 3.8) is 0 Å². The van der Waals surface area contributed by atoms with Crippen LogP contribution in [0.1, 0.15) is 63.9 Å². The minimum Gasteiger partial charge on any atom is -0.316 e. The normalized spacial score (nSPS) is 32.8. The van der Waals surface area contributed by atoms with Gasteiger partial charge in [-0.1, -0.05) is 32.4 Å². The molecule has 116 valence electrons. The van der Waals surface area contributed by atoms with Crippen LogP contribution in [-0.2, 0) is 0 Å². The molecule has 1 aliphatic carbocycles. The summed E-state index contributed by atoms with van der Waals surface area (Å²) in [6.45, 7) is 7.02. The Hall–Kier alpha value is -0.890. The third-order valence-corrected chi connectivity index (χ3v) is 5.99. The second-order valence-electron chi connectivity index (χ2n) is 7.94. The summed E-state index contributed by atoms with van der Waals surface area (Å²) in [5.41, 5.74) is 2.24. The quantitative estimate of drug-likeness (QED) is 0.777. The van der Waals surface area contributed by atoms with Crippen LogP contribution in [-0.4, -0.2) is 13.1 Å². The molecule has 2 fully saturated rings. The van der Waals surface area contributed by atoms with Crippen LogP contribution in [0.2, 0.25) is 0 Å².